The van der Waals surface area contributed by atoms with E-state index < -0.39 is 0 Å². The molecule has 0 saturated carbocycles. The van der Waals surface area contributed by atoms with E-state index >= 15 is 0 Å². The molecule has 6 rings (SSSR count). The van der Waals surface area contributed by atoms with Gasteiger partial charge in [0.05, 0.1) is 0 Å². The molecule has 6 nitrogen and oxygen atoms in total. The van der Waals surface area contributed by atoms with Crippen molar-refractivity contribution in [3.05, 3.63) is 140 Å². The fraction of sp³-hybridized carbons (Fsp3) is 0.703. The predicted octanol–water partition coefficient (Wildman–Crippen LogP) is 28.0. The summed E-state index contributed by atoms with van der Waals surface area (Å²) in [5, 5.41) is 0. The first-order valence-corrected chi connectivity index (χ1v) is 43.4. The molecule has 0 radical (unpaired) electrons. The molecule has 0 amide bonds. The molecule has 0 aromatic heterocycles. The number of unbranched alkanes of at least 4 members (excludes halogenated alkanes) is 1. The Morgan fingerprint density at radius 2 is 0.411 bits per heavy atom. The Kier molecular flexibility index (Phi) is 33.4. The van der Waals surface area contributed by atoms with Gasteiger partial charge in [0.1, 0.15) is 0 Å². The number of ketones is 6. The first-order valence-electron chi connectivity index (χ1n) is 43.4. The van der Waals surface area contributed by atoms with Crippen molar-refractivity contribution in [2.24, 2.45) is 104 Å². The molecule has 6 unspecified atom stereocenters. The van der Waals surface area contributed by atoms with Gasteiger partial charge in [-0.25, -0.2) is 0 Å². The van der Waals surface area contributed by atoms with Crippen molar-refractivity contribution in [1.82, 2.24) is 0 Å². The van der Waals surface area contributed by atoms with Crippen LogP contribution >= 0.6 is 0 Å². The Hall–Kier alpha value is -5.10. The maximum Gasteiger partial charge on any atom is 0.162 e. The second kappa shape index (κ2) is 39.4. The van der Waals surface area contributed by atoms with Gasteiger partial charge >= 0.3 is 0 Å². The van der Waals surface area contributed by atoms with Crippen LogP contribution in [0.1, 0.15) is 353 Å². The lowest BCUT2D eigenvalue weighted by Crippen LogP contribution is -2.37. The Morgan fingerprint density at radius 1 is 0.262 bits per heavy atom. The monoisotopic (exact) mass is 1470 g/mol. The third-order valence-corrected chi connectivity index (χ3v) is 29.1. The molecule has 0 bridgehead atoms. The summed E-state index contributed by atoms with van der Waals surface area (Å²) in [5.41, 5.74) is 15.6. The van der Waals surface area contributed by atoms with E-state index in [1.165, 1.54) is 66.9 Å². The average Bonchev–Trinajstić information content (AvgIpc) is 0.790. The average molecular weight is 1470 g/mol. The van der Waals surface area contributed by atoms with Crippen LogP contribution in [0, 0.1) is 104 Å². The normalized spacial score (nSPS) is 26.5. The molecule has 0 fully saturated rings. The zero-order valence-corrected chi connectivity index (χ0v) is 73.4. The molecule has 0 aliphatic heterocycles. The highest BCUT2D eigenvalue weighted by atomic mass is 16.1. The van der Waals surface area contributed by atoms with Crippen molar-refractivity contribution >= 4 is 34.7 Å². The van der Waals surface area contributed by atoms with E-state index in [2.05, 4.69) is 138 Å². The van der Waals surface area contributed by atoms with Crippen LogP contribution in [0.15, 0.2) is 140 Å². The van der Waals surface area contributed by atoms with Crippen molar-refractivity contribution in [1.29, 1.82) is 0 Å². The SMILES string of the molecule is C/C=C/C(=O)C1C(C)=C([C@H](CC[C@H](CC[C@@H](CC[C@H](CCCC)C2=C(C)C(C(=O)/C=C/C)C(C)(C)CC2)C2=C(C)C(C(=O)/C=C/C)C(C)(C)CC2)C2=C(C)C(C(=O)/C=C/C)C(C)(C)CC2)CC[C@@H](CC[C@H](CCC)C2=C(C)C(C(=O)/C=C/C)C(C)(C)CC2)C2=C(C)C(C(=O)/C=C/C)C(C)(C)CC2)CCC1(C)C. The van der Waals surface area contributed by atoms with Gasteiger partial charge in [-0.1, -0.05) is 220 Å². The van der Waals surface area contributed by atoms with Gasteiger partial charge in [0.25, 0.3) is 0 Å². The van der Waals surface area contributed by atoms with Gasteiger partial charge in [-0.15, -0.1) is 0 Å². The fourth-order valence-corrected chi connectivity index (χ4v) is 23.5. The maximum absolute atomic E-state index is 14.8. The molecule has 0 spiro atoms. The van der Waals surface area contributed by atoms with Crippen molar-refractivity contribution < 1.29 is 28.8 Å². The molecule has 6 aliphatic rings. The molecule has 0 aromatic carbocycles. The van der Waals surface area contributed by atoms with Gasteiger partial charge in [0.15, 0.2) is 34.7 Å². The van der Waals surface area contributed by atoms with E-state index in [1.54, 1.807) is 0 Å². The second-order valence-electron chi connectivity index (χ2n) is 39.2. The molecule has 6 aliphatic carbocycles. The molecule has 0 saturated heterocycles. The predicted molar refractivity (Wildman–Crippen MR) is 456 cm³/mol. The minimum absolute atomic E-state index is 0.126. The molecule has 6 heteroatoms. The van der Waals surface area contributed by atoms with E-state index in [9.17, 15) is 28.8 Å². The third-order valence-electron chi connectivity index (χ3n) is 29.1. The zero-order chi connectivity index (χ0) is 79.9. The van der Waals surface area contributed by atoms with Crippen LogP contribution in [0.25, 0.3) is 0 Å². The number of allylic oxidation sites excluding steroid dienone is 24. The highest BCUT2D eigenvalue weighted by Gasteiger charge is 2.48. The van der Waals surface area contributed by atoms with Crippen LogP contribution in [0.2, 0.25) is 0 Å². The fourth-order valence-electron chi connectivity index (χ4n) is 23.5. The molecular formula is C101H156O6. The second-order valence-corrected chi connectivity index (χ2v) is 39.2. The molecule has 0 aromatic rings. The number of carbonyl (C=O) groups is 6. The largest absolute Gasteiger partial charge is 0.294 e. The highest BCUT2D eigenvalue weighted by molar-refractivity contribution is 5.97. The van der Waals surface area contributed by atoms with Gasteiger partial charge in [-0.2, -0.15) is 0 Å². The van der Waals surface area contributed by atoms with E-state index in [0.717, 1.165) is 173 Å². The van der Waals surface area contributed by atoms with Crippen LogP contribution in [0.4, 0.5) is 0 Å². The van der Waals surface area contributed by atoms with Gasteiger partial charge < -0.3 is 0 Å². The van der Waals surface area contributed by atoms with Crippen LogP contribution < -0.4 is 0 Å². The van der Waals surface area contributed by atoms with Gasteiger partial charge in [-0.05, 0) is 342 Å². The summed E-state index contributed by atoms with van der Waals surface area (Å²) in [6.07, 6.45) is 49.6. The Balaban J connectivity index is 1.58. The number of hydrogen-bond donors (Lipinski definition) is 0. The zero-order valence-electron chi connectivity index (χ0n) is 73.4. The molecule has 596 valence electrons. The van der Waals surface area contributed by atoms with Gasteiger partial charge in [-0.3, -0.25) is 28.8 Å². The van der Waals surface area contributed by atoms with Crippen molar-refractivity contribution in [3.63, 3.8) is 0 Å². The molecular weight excluding hydrogens is 1310 g/mol. The van der Waals surface area contributed by atoms with Crippen molar-refractivity contribution in [3.8, 4) is 0 Å². The first-order chi connectivity index (χ1) is 50.2. The lowest BCUT2D eigenvalue weighted by atomic mass is 9.60. The summed E-state index contributed by atoms with van der Waals surface area (Å²) in [5.74, 6) is 1.80. The smallest absolute Gasteiger partial charge is 0.162 e. The topological polar surface area (TPSA) is 102 Å². The molecule has 0 N–H and O–H groups in total. The molecule has 0 heterocycles. The summed E-state index contributed by atoms with van der Waals surface area (Å²) in [4.78, 5) is 87.0. The lowest BCUT2D eigenvalue weighted by molar-refractivity contribution is -0.121. The Labute approximate surface area is 656 Å². The van der Waals surface area contributed by atoms with E-state index in [0.29, 0.717) is 11.8 Å². The van der Waals surface area contributed by atoms with Crippen molar-refractivity contribution in [2.75, 3.05) is 0 Å². The lowest BCUT2D eigenvalue weighted by Gasteiger charge is -2.44. The standard InChI is InChI=1S/C101H156O6/c1-27-35-43-73(79-55-61-97(17,18)91(67(79)10)85(103)38-30-4)45-47-75(81-57-63-99(21,22)93(69(81)12)87(105)40-32-6)49-51-77(83-59-65-101(25,26)95(71(83)14)89(107)42-34-8)53-52-76(82-58-64-100(23,24)94(70(82)13)88(106)41-33-7)50-48-74(80-56-62-98(19,20)92(68(80)11)86(104)39-31-5)46-44-72(36-28-2)78-54-60-96(15,16)90(66(78)9)84(102)37-29-3/h29-34,37-42,72-77,90-95H,27-28,35-36,43-65H2,1-26H3/b37-29+,38-30+,39-31+,40-32+,41-33+,42-34+/t72-,73-,74+,75+,76-,77-,90?,91?,92?,93?,94?,95?/m0/s1. The van der Waals surface area contributed by atoms with Gasteiger partial charge in [0, 0.05) is 35.5 Å². The first kappa shape index (κ1) is 90.8. The minimum atomic E-state index is -0.221. The summed E-state index contributed by atoms with van der Waals surface area (Å²) in [6, 6.07) is 0. The van der Waals surface area contributed by atoms with Crippen LogP contribution in [-0.2, 0) is 28.8 Å². The quantitative estimate of drug-likeness (QED) is 0.0451. The number of carbonyl (C=O) groups excluding carboxylic acids is 6. The van der Waals surface area contributed by atoms with Gasteiger partial charge in [0.2, 0.25) is 0 Å². The number of rotatable bonds is 38. The van der Waals surface area contributed by atoms with Crippen LogP contribution in [0.3, 0.4) is 0 Å². The highest BCUT2D eigenvalue weighted by Crippen LogP contribution is 2.57. The summed E-state index contributed by atoms with van der Waals surface area (Å²) >= 11 is 0. The van der Waals surface area contributed by atoms with E-state index in [1.807, 2.05) is 114 Å². The third kappa shape index (κ3) is 21.8. The maximum atomic E-state index is 14.8. The summed E-state index contributed by atoms with van der Waals surface area (Å²) < 4.78 is 0. The summed E-state index contributed by atoms with van der Waals surface area (Å²) in [7, 11) is 0. The number of hydrogen-bond acceptors (Lipinski definition) is 6. The Bertz CT molecular complexity index is 3540. The van der Waals surface area contributed by atoms with Crippen molar-refractivity contribution in [2.45, 2.75) is 353 Å². The molecule has 12 atom stereocenters. The Morgan fingerprint density at radius 3 is 0.551 bits per heavy atom. The van der Waals surface area contributed by atoms with E-state index in [4.69, 9.17) is 0 Å². The minimum Gasteiger partial charge on any atom is -0.294 e. The van der Waals surface area contributed by atoms with Crippen LogP contribution in [-0.4, -0.2) is 34.7 Å². The molecule has 107 heavy (non-hydrogen) atoms. The van der Waals surface area contributed by atoms with E-state index in [-0.39, 0.29) is 126 Å². The van der Waals surface area contributed by atoms with Crippen LogP contribution in [0.5, 0.6) is 0 Å². The summed E-state index contributed by atoms with van der Waals surface area (Å²) in [6.45, 7) is 58.0.